The Bertz CT molecular complexity index is 305. The SMILES string of the molecule is CC(C)(C)C1=CCCC(C(C)(C)C)=C1O. The van der Waals surface area contributed by atoms with E-state index < -0.39 is 0 Å². The zero-order chi connectivity index (χ0) is 11.9. The Labute approximate surface area is 93.9 Å². The molecule has 1 rings (SSSR count). The second kappa shape index (κ2) is 3.70. The minimum absolute atomic E-state index is 0.0427. The van der Waals surface area contributed by atoms with Crippen LogP contribution >= 0.6 is 0 Å². The van der Waals surface area contributed by atoms with Gasteiger partial charge in [-0.25, -0.2) is 0 Å². The fourth-order valence-corrected chi connectivity index (χ4v) is 2.13. The monoisotopic (exact) mass is 208 g/mol. The summed E-state index contributed by atoms with van der Waals surface area (Å²) in [5.74, 6) is 0.543. The first-order valence-corrected chi connectivity index (χ1v) is 5.77. The molecule has 1 heteroatoms. The minimum Gasteiger partial charge on any atom is -0.508 e. The highest BCUT2D eigenvalue weighted by atomic mass is 16.3. The summed E-state index contributed by atoms with van der Waals surface area (Å²) >= 11 is 0. The lowest BCUT2D eigenvalue weighted by atomic mass is 9.74. The van der Waals surface area contributed by atoms with Gasteiger partial charge in [-0.1, -0.05) is 47.6 Å². The van der Waals surface area contributed by atoms with E-state index in [1.165, 1.54) is 5.57 Å². The molecule has 0 unspecified atom stereocenters. The minimum atomic E-state index is 0.0427. The lowest BCUT2D eigenvalue weighted by molar-refractivity contribution is 0.338. The number of allylic oxidation sites excluding steroid dienone is 3. The van der Waals surface area contributed by atoms with E-state index in [4.69, 9.17) is 0 Å². The molecule has 0 spiro atoms. The largest absolute Gasteiger partial charge is 0.508 e. The lowest BCUT2D eigenvalue weighted by Crippen LogP contribution is -2.20. The van der Waals surface area contributed by atoms with Gasteiger partial charge in [0.25, 0.3) is 0 Å². The first-order valence-electron chi connectivity index (χ1n) is 5.77. The first-order chi connectivity index (χ1) is 6.64. The maximum absolute atomic E-state index is 10.3. The van der Waals surface area contributed by atoms with Gasteiger partial charge in [-0.05, 0) is 34.8 Å². The van der Waals surface area contributed by atoms with Gasteiger partial charge in [0.15, 0.2) is 0 Å². The van der Waals surface area contributed by atoms with E-state index >= 15 is 0 Å². The summed E-state index contributed by atoms with van der Waals surface area (Å²) in [5.41, 5.74) is 2.43. The van der Waals surface area contributed by atoms with E-state index in [9.17, 15) is 5.11 Å². The van der Waals surface area contributed by atoms with Crippen LogP contribution in [0.25, 0.3) is 0 Å². The summed E-state index contributed by atoms with van der Waals surface area (Å²) in [5, 5.41) is 10.3. The summed E-state index contributed by atoms with van der Waals surface area (Å²) < 4.78 is 0. The van der Waals surface area contributed by atoms with Gasteiger partial charge >= 0.3 is 0 Å². The van der Waals surface area contributed by atoms with E-state index in [2.05, 4.69) is 47.6 Å². The van der Waals surface area contributed by atoms with Crippen LogP contribution in [-0.4, -0.2) is 5.11 Å². The maximum Gasteiger partial charge on any atom is 0.118 e. The molecule has 0 atom stereocenters. The van der Waals surface area contributed by atoms with Crippen molar-refractivity contribution in [3.05, 3.63) is 23.0 Å². The van der Waals surface area contributed by atoms with Crippen LogP contribution < -0.4 is 0 Å². The fourth-order valence-electron chi connectivity index (χ4n) is 2.13. The molecule has 0 saturated heterocycles. The molecule has 0 aromatic rings. The Balaban J connectivity index is 3.16. The van der Waals surface area contributed by atoms with Gasteiger partial charge < -0.3 is 5.11 Å². The first kappa shape index (κ1) is 12.4. The van der Waals surface area contributed by atoms with Crippen molar-refractivity contribution in [1.82, 2.24) is 0 Å². The van der Waals surface area contributed by atoms with Gasteiger partial charge in [0.2, 0.25) is 0 Å². The predicted molar refractivity (Wildman–Crippen MR) is 65.9 cm³/mol. The van der Waals surface area contributed by atoms with Gasteiger partial charge in [0.1, 0.15) is 5.76 Å². The second-order valence-electron chi connectivity index (χ2n) is 6.48. The molecule has 1 N–H and O–H groups in total. The van der Waals surface area contributed by atoms with E-state index in [0.717, 1.165) is 18.4 Å². The Morgan fingerprint density at radius 3 is 1.93 bits per heavy atom. The molecular formula is C14H24O. The van der Waals surface area contributed by atoms with Crippen LogP contribution in [0.2, 0.25) is 0 Å². The van der Waals surface area contributed by atoms with E-state index in [0.29, 0.717) is 5.76 Å². The van der Waals surface area contributed by atoms with Crippen molar-refractivity contribution in [2.75, 3.05) is 0 Å². The predicted octanol–water partition coefficient (Wildman–Crippen LogP) is 4.61. The van der Waals surface area contributed by atoms with Gasteiger partial charge in [-0.15, -0.1) is 0 Å². The zero-order valence-electron chi connectivity index (χ0n) is 10.9. The van der Waals surface area contributed by atoms with E-state index in [1.807, 2.05) is 0 Å². The zero-order valence-corrected chi connectivity index (χ0v) is 10.9. The van der Waals surface area contributed by atoms with Crippen LogP contribution in [0.1, 0.15) is 54.4 Å². The Hall–Kier alpha value is -0.720. The van der Waals surface area contributed by atoms with Crippen LogP contribution in [0, 0.1) is 10.8 Å². The fraction of sp³-hybridized carbons (Fsp3) is 0.714. The molecule has 0 aromatic carbocycles. The van der Waals surface area contributed by atoms with E-state index in [-0.39, 0.29) is 10.8 Å². The Kier molecular flexibility index (Phi) is 3.04. The van der Waals surface area contributed by atoms with Crippen molar-refractivity contribution >= 4 is 0 Å². The van der Waals surface area contributed by atoms with Crippen LogP contribution in [0.4, 0.5) is 0 Å². The molecule has 1 aliphatic rings. The van der Waals surface area contributed by atoms with Crippen molar-refractivity contribution in [2.45, 2.75) is 54.4 Å². The molecule has 0 heterocycles. The van der Waals surface area contributed by atoms with Gasteiger partial charge in [0, 0.05) is 0 Å². The summed E-state index contributed by atoms with van der Waals surface area (Å²) in [6.45, 7) is 13.0. The number of rotatable bonds is 0. The highest BCUT2D eigenvalue weighted by Gasteiger charge is 2.29. The van der Waals surface area contributed by atoms with Gasteiger partial charge in [-0.2, -0.15) is 0 Å². The van der Waals surface area contributed by atoms with Crippen LogP contribution in [0.5, 0.6) is 0 Å². The third-order valence-corrected chi connectivity index (χ3v) is 3.00. The molecular weight excluding hydrogens is 184 g/mol. The average molecular weight is 208 g/mol. The molecule has 0 radical (unpaired) electrons. The highest BCUT2D eigenvalue weighted by Crippen LogP contribution is 2.41. The van der Waals surface area contributed by atoms with Crippen molar-refractivity contribution in [3.8, 4) is 0 Å². The number of hydrogen-bond donors (Lipinski definition) is 1. The smallest absolute Gasteiger partial charge is 0.118 e. The molecule has 0 aromatic heterocycles. The van der Waals surface area contributed by atoms with Crippen molar-refractivity contribution in [1.29, 1.82) is 0 Å². The summed E-state index contributed by atoms with van der Waals surface area (Å²) in [6, 6.07) is 0. The molecule has 1 aliphatic carbocycles. The van der Waals surface area contributed by atoms with E-state index in [1.54, 1.807) is 0 Å². The third-order valence-electron chi connectivity index (χ3n) is 3.00. The molecule has 0 saturated carbocycles. The number of hydrogen-bond acceptors (Lipinski definition) is 1. The normalized spacial score (nSPS) is 19.2. The maximum atomic E-state index is 10.3. The second-order valence-corrected chi connectivity index (χ2v) is 6.48. The number of aliphatic hydroxyl groups excluding tert-OH is 1. The van der Waals surface area contributed by atoms with Crippen LogP contribution in [-0.2, 0) is 0 Å². The quantitative estimate of drug-likeness (QED) is 0.616. The van der Waals surface area contributed by atoms with Gasteiger partial charge in [-0.3, -0.25) is 0 Å². The Morgan fingerprint density at radius 1 is 1.00 bits per heavy atom. The summed E-state index contributed by atoms with van der Waals surface area (Å²) in [7, 11) is 0. The number of aliphatic hydroxyl groups is 1. The topological polar surface area (TPSA) is 20.2 Å². The standard InChI is InChI=1S/C14H24O/c1-13(2,3)10-8-7-9-11(12(10)15)14(4,5)6/h8,15H,7,9H2,1-6H3. The van der Waals surface area contributed by atoms with Crippen molar-refractivity contribution < 1.29 is 5.11 Å². The van der Waals surface area contributed by atoms with Crippen LogP contribution in [0.15, 0.2) is 23.0 Å². The highest BCUT2D eigenvalue weighted by molar-refractivity contribution is 5.39. The van der Waals surface area contributed by atoms with Gasteiger partial charge in [0.05, 0.1) is 0 Å². The molecule has 0 aliphatic heterocycles. The summed E-state index contributed by atoms with van der Waals surface area (Å²) in [6.07, 6.45) is 4.24. The molecule has 15 heavy (non-hydrogen) atoms. The average Bonchev–Trinajstić information content (AvgIpc) is 1.99. The van der Waals surface area contributed by atoms with Crippen molar-refractivity contribution in [3.63, 3.8) is 0 Å². The summed E-state index contributed by atoms with van der Waals surface area (Å²) in [4.78, 5) is 0. The lowest BCUT2D eigenvalue weighted by Gasteiger charge is -2.32. The third kappa shape index (κ3) is 2.64. The van der Waals surface area contributed by atoms with Crippen LogP contribution in [0.3, 0.4) is 0 Å². The molecule has 0 amide bonds. The molecule has 0 bridgehead atoms. The Morgan fingerprint density at radius 2 is 1.53 bits per heavy atom. The molecule has 86 valence electrons. The molecule has 1 nitrogen and oxygen atoms in total. The molecule has 0 fully saturated rings. The van der Waals surface area contributed by atoms with Crippen molar-refractivity contribution in [2.24, 2.45) is 10.8 Å².